The predicted octanol–water partition coefficient (Wildman–Crippen LogP) is 5.13. The van der Waals surface area contributed by atoms with Gasteiger partial charge in [-0.2, -0.15) is 0 Å². The molecule has 0 amide bonds. The zero-order valence-corrected chi connectivity index (χ0v) is 21.4. The van der Waals surface area contributed by atoms with Crippen molar-refractivity contribution in [3.63, 3.8) is 0 Å². The molecule has 2 aliphatic rings. The Hall–Kier alpha value is -0.780. The van der Waals surface area contributed by atoms with E-state index in [9.17, 15) is 9.13 Å². The fraction of sp³-hybridized carbons (Fsp3) is 0.750. The predicted molar refractivity (Wildman–Crippen MR) is 125 cm³/mol. The second kappa shape index (κ2) is 10.0. The van der Waals surface area contributed by atoms with Crippen LogP contribution in [-0.4, -0.2) is 70.1 Å². The van der Waals surface area contributed by atoms with E-state index in [1.165, 1.54) is 6.33 Å². The van der Waals surface area contributed by atoms with E-state index in [1.54, 1.807) is 19.7 Å². The zero-order valence-electron chi connectivity index (χ0n) is 18.9. The first-order valence-electron chi connectivity index (χ1n) is 10.7. The van der Waals surface area contributed by atoms with E-state index in [2.05, 4.69) is 21.9 Å². The minimum Gasteiger partial charge on any atom is -0.367 e. The third-order valence-corrected chi connectivity index (χ3v) is 9.58. The fourth-order valence-corrected chi connectivity index (χ4v) is 6.58. The molecule has 4 unspecified atom stereocenters. The molecule has 8 nitrogen and oxygen atoms in total. The Balaban J connectivity index is 0.000000210. The van der Waals surface area contributed by atoms with Gasteiger partial charge < -0.3 is 23.2 Å². The minimum atomic E-state index is -2.19. The monoisotopic (exact) mass is 490 g/mol. The number of nitrogens with zero attached hydrogens (tertiary/aromatic N) is 4. The summed E-state index contributed by atoms with van der Waals surface area (Å²) in [4.78, 5) is 12.3. The summed E-state index contributed by atoms with van der Waals surface area (Å²) in [5, 5.41) is 0.352. The minimum absolute atomic E-state index is 0.0411. The number of ether oxygens (including phenoxy) is 2. The summed E-state index contributed by atoms with van der Waals surface area (Å²) in [5.41, 5.74) is 1.30. The largest absolute Gasteiger partial charge is 0.367 e. The molecule has 0 radical (unpaired) electrons. The van der Waals surface area contributed by atoms with E-state index in [0.29, 0.717) is 29.0 Å². The van der Waals surface area contributed by atoms with E-state index in [1.807, 2.05) is 17.9 Å². The van der Waals surface area contributed by atoms with Gasteiger partial charge in [-0.25, -0.2) is 15.0 Å². The second-order valence-corrected chi connectivity index (χ2v) is 16.3. The van der Waals surface area contributed by atoms with Crippen LogP contribution in [0, 0.1) is 0 Å². The Morgan fingerprint density at radius 2 is 1.55 bits per heavy atom. The highest BCUT2D eigenvalue weighted by atomic mass is 35.5. The molecule has 0 aromatic carbocycles. The Morgan fingerprint density at radius 3 is 2.06 bits per heavy atom. The lowest BCUT2D eigenvalue weighted by molar-refractivity contribution is 0.0749. The summed E-state index contributed by atoms with van der Waals surface area (Å²) < 4.78 is 37.0. The third-order valence-electron chi connectivity index (χ3n) is 5.77. The first-order chi connectivity index (χ1) is 14.5. The molecule has 11 heteroatoms. The van der Waals surface area contributed by atoms with Gasteiger partial charge in [0, 0.05) is 0 Å². The van der Waals surface area contributed by atoms with Crippen molar-refractivity contribution < 1.29 is 18.6 Å². The quantitative estimate of drug-likeness (QED) is 0.423. The van der Waals surface area contributed by atoms with Crippen LogP contribution >= 0.6 is 25.9 Å². The van der Waals surface area contributed by atoms with Gasteiger partial charge in [-0.05, 0) is 58.8 Å². The second-order valence-electron chi connectivity index (χ2n) is 9.09. The molecule has 2 aromatic rings. The highest BCUT2D eigenvalue weighted by molar-refractivity contribution is 7.63. The number of imidazole rings is 1. The molecule has 0 bridgehead atoms. The third kappa shape index (κ3) is 6.39. The average molecular weight is 491 g/mol. The summed E-state index contributed by atoms with van der Waals surface area (Å²) in [6, 6.07) is 0. The maximum atomic E-state index is 12.0. The topological polar surface area (TPSA) is 96.2 Å². The standard InChI is InChI=1S/C12H16ClN4O2P.C8H17O2P/c1-20(2,18)9-4-3-8(19-9)5-17-7-16-10-11(13)14-6-15-12(10)17;1-4-7-5-6-8(10-7)11(2,3)9/h6-9H,3-5H2,1-2H3;7-8H,4-6H2,1-3H3. The molecule has 2 aliphatic heterocycles. The maximum absolute atomic E-state index is 12.0. The van der Waals surface area contributed by atoms with Gasteiger partial charge in [0.2, 0.25) is 0 Å². The van der Waals surface area contributed by atoms with Gasteiger partial charge in [0.05, 0.1) is 25.1 Å². The van der Waals surface area contributed by atoms with Crippen molar-refractivity contribution in [1.29, 1.82) is 0 Å². The van der Waals surface area contributed by atoms with E-state index < -0.39 is 14.3 Å². The fourth-order valence-electron chi connectivity index (χ4n) is 3.93. The molecule has 2 saturated heterocycles. The summed E-state index contributed by atoms with van der Waals surface area (Å²) in [7, 11) is -4.18. The molecule has 4 heterocycles. The van der Waals surface area contributed by atoms with Crippen molar-refractivity contribution in [2.24, 2.45) is 0 Å². The van der Waals surface area contributed by atoms with Crippen molar-refractivity contribution in [3.8, 4) is 0 Å². The lowest BCUT2D eigenvalue weighted by atomic mass is 10.2. The Kier molecular flexibility index (Phi) is 8.02. The van der Waals surface area contributed by atoms with Gasteiger partial charge in [-0.15, -0.1) is 0 Å². The van der Waals surface area contributed by atoms with Gasteiger partial charge >= 0.3 is 0 Å². The van der Waals surface area contributed by atoms with Gasteiger partial charge in [0.15, 0.2) is 10.8 Å². The Bertz CT molecular complexity index is 989. The normalized spacial score (nSPS) is 26.8. The molecule has 4 atom stereocenters. The zero-order chi connectivity index (χ0) is 22.8. The van der Waals surface area contributed by atoms with Gasteiger partial charge in [-0.3, -0.25) is 0 Å². The lowest BCUT2D eigenvalue weighted by Gasteiger charge is -2.17. The molecular weight excluding hydrogens is 458 g/mol. The van der Waals surface area contributed by atoms with Crippen molar-refractivity contribution in [3.05, 3.63) is 17.8 Å². The van der Waals surface area contributed by atoms with Gasteiger partial charge in [-0.1, -0.05) is 18.5 Å². The van der Waals surface area contributed by atoms with E-state index in [-0.39, 0.29) is 17.8 Å². The molecule has 0 aliphatic carbocycles. The summed E-state index contributed by atoms with van der Waals surface area (Å²) in [5.74, 6) is -0.0760. The lowest BCUT2D eigenvalue weighted by Crippen LogP contribution is -2.17. The van der Waals surface area contributed by atoms with Crippen LogP contribution in [0.2, 0.25) is 5.15 Å². The van der Waals surface area contributed by atoms with Crippen molar-refractivity contribution >= 4 is 37.0 Å². The highest BCUT2D eigenvalue weighted by Gasteiger charge is 2.34. The molecule has 174 valence electrons. The van der Waals surface area contributed by atoms with Crippen LogP contribution in [0.4, 0.5) is 0 Å². The first kappa shape index (κ1) is 24.9. The number of rotatable bonds is 5. The molecule has 31 heavy (non-hydrogen) atoms. The summed E-state index contributed by atoms with van der Waals surface area (Å²) in [6.45, 7) is 9.94. The number of fused-ring (bicyclic) bond motifs is 1. The smallest absolute Gasteiger partial charge is 0.164 e. The van der Waals surface area contributed by atoms with E-state index >= 15 is 0 Å². The van der Waals surface area contributed by atoms with Crippen LogP contribution in [0.15, 0.2) is 12.7 Å². The number of halogens is 1. The Morgan fingerprint density at radius 1 is 0.968 bits per heavy atom. The maximum Gasteiger partial charge on any atom is 0.164 e. The van der Waals surface area contributed by atoms with Crippen molar-refractivity contribution in [2.45, 2.75) is 69.5 Å². The molecule has 2 aromatic heterocycles. The van der Waals surface area contributed by atoms with Crippen molar-refractivity contribution in [1.82, 2.24) is 19.5 Å². The van der Waals surface area contributed by atoms with E-state index in [4.69, 9.17) is 21.1 Å². The first-order valence-corrected chi connectivity index (χ1v) is 16.4. The molecular formula is C20H33ClN4O4P2. The highest BCUT2D eigenvalue weighted by Crippen LogP contribution is 2.49. The summed E-state index contributed by atoms with van der Waals surface area (Å²) >= 11 is 5.97. The number of aromatic nitrogens is 4. The van der Waals surface area contributed by atoms with Crippen LogP contribution in [0.1, 0.15) is 39.0 Å². The molecule has 0 saturated carbocycles. The van der Waals surface area contributed by atoms with Crippen LogP contribution in [0.25, 0.3) is 11.2 Å². The number of hydrogen-bond donors (Lipinski definition) is 0. The van der Waals surface area contributed by atoms with Crippen LogP contribution < -0.4 is 0 Å². The molecule has 2 fully saturated rings. The van der Waals surface area contributed by atoms with E-state index in [0.717, 1.165) is 32.1 Å². The summed E-state index contributed by atoms with van der Waals surface area (Å²) in [6.07, 6.45) is 8.40. The molecule has 4 rings (SSSR count). The number of hydrogen-bond acceptors (Lipinski definition) is 7. The van der Waals surface area contributed by atoms with Gasteiger partial charge in [0.1, 0.15) is 37.8 Å². The molecule has 0 spiro atoms. The SMILES string of the molecule is CCC1CCC(P(C)(C)=O)O1.CP(C)(=O)C1CCC(Cn2cnc3c(Cl)ncnc32)O1. The van der Waals surface area contributed by atoms with Gasteiger partial charge in [0.25, 0.3) is 0 Å². The van der Waals surface area contributed by atoms with Crippen LogP contribution in [0.5, 0.6) is 0 Å². The Labute approximate surface area is 189 Å². The van der Waals surface area contributed by atoms with Crippen LogP contribution in [0.3, 0.4) is 0 Å². The van der Waals surface area contributed by atoms with Crippen molar-refractivity contribution in [2.75, 3.05) is 26.7 Å². The van der Waals surface area contributed by atoms with Crippen LogP contribution in [-0.2, 0) is 25.1 Å². The average Bonchev–Trinajstić information content (AvgIpc) is 3.41. The molecule has 0 N–H and O–H groups in total.